The first-order valence-corrected chi connectivity index (χ1v) is 12.8. The number of carbonyl (C=O) groups excluding carboxylic acids is 2. The zero-order valence-corrected chi connectivity index (χ0v) is 18.6. The quantitative estimate of drug-likeness (QED) is 0.414. The summed E-state index contributed by atoms with van der Waals surface area (Å²) in [4.78, 5) is 24.2. The molecule has 1 atom stereocenters. The fourth-order valence-corrected chi connectivity index (χ4v) is 6.09. The zero-order chi connectivity index (χ0) is 21.8. The highest BCUT2D eigenvalue weighted by atomic mass is 32.2. The Balaban J connectivity index is 1.27. The summed E-state index contributed by atoms with van der Waals surface area (Å²) in [6, 6.07) is 7.37. The molecular formula is C22H31N3O5S. The van der Waals surface area contributed by atoms with E-state index in [1.54, 1.807) is 4.31 Å². The van der Waals surface area contributed by atoms with E-state index in [1.165, 1.54) is 17.7 Å². The van der Waals surface area contributed by atoms with Gasteiger partial charge in [-0.05, 0) is 62.1 Å². The number of amides is 3. The topological polar surface area (TPSA) is 96.0 Å². The number of hydrogen-bond donors (Lipinski definition) is 1. The summed E-state index contributed by atoms with van der Waals surface area (Å²) in [5.41, 5.74) is 0.999. The number of benzene rings is 1. The number of nitrogens with one attached hydrogen (secondary N) is 1. The fourth-order valence-electron chi connectivity index (χ4n) is 4.26. The lowest BCUT2D eigenvalue weighted by Crippen LogP contribution is -2.33. The Morgan fingerprint density at radius 1 is 1.10 bits per heavy atom. The van der Waals surface area contributed by atoms with Crippen LogP contribution in [0.1, 0.15) is 56.6 Å². The Bertz CT molecular complexity index is 915. The van der Waals surface area contributed by atoms with E-state index in [4.69, 9.17) is 4.74 Å². The predicted octanol–water partition coefficient (Wildman–Crippen LogP) is 2.66. The van der Waals surface area contributed by atoms with Crippen molar-refractivity contribution in [2.24, 2.45) is 5.92 Å². The van der Waals surface area contributed by atoms with Crippen LogP contribution in [0.2, 0.25) is 0 Å². The van der Waals surface area contributed by atoms with Crippen molar-refractivity contribution < 1.29 is 22.7 Å². The number of rotatable bonds is 11. The van der Waals surface area contributed by atoms with Crippen LogP contribution < -0.4 is 10.1 Å². The van der Waals surface area contributed by atoms with E-state index in [1.807, 2.05) is 24.3 Å². The van der Waals surface area contributed by atoms with Gasteiger partial charge in [-0.15, -0.1) is 0 Å². The van der Waals surface area contributed by atoms with Crippen molar-refractivity contribution in [2.45, 2.75) is 51.0 Å². The molecule has 1 aromatic rings. The molecular weight excluding hydrogens is 418 g/mol. The van der Waals surface area contributed by atoms with Gasteiger partial charge in [0.25, 0.3) is 0 Å². The van der Waals surface area contributed by atoms with E-state index in [0.717, 1.165) is 30.8 Å². The van der Waals surface area contributed by atoms with E-state index in [2.05, 4.69) is 5.32 Å². The lowest BCUT2D eigenvalue weighted by molar-refractivity contribution is -0.118. The van der Waals surface area contributed by atoms with Crippen LogP contribution in [0.3, 0.4) is 0 Å². The third kappa shape index (κ3) is 5.77. The molecule has 8 nitrogen and oxygen atoms in total. The summed E-state index contributed by atoms with van der Waals surface area (Å²) in [6.45, 7) is 1.85. The lowest BCUT2D eigenvalue weighted by atomic mass is 10.1. The highest BCUT2D eigenvalue weighted by molar-refractivity contribution is 7.89. The summed E-state index contributed by atoms with van der Waals surface area (Å²) in [7, 11) is -3.36. The highest BCUT2D eigenvalue weighted by Crippen LogP contribution is 2.36. The SMILES string of the molecule is O=C1CN(CCCCCS(=O)(=O)N2CCC[C@@H]2c2cccc(OCC3CC3)c2)C(=O)N1. The summed E-state index contributed by atoms with van der Waals surface area (Å²) in [5, 5.41) is 2.25. The molecule has 0 unspecified atom stereocenters. The maximum atomic E-state index is 13.0. The fraction of sp³-hybridized carbons (Fsp3) is 0.636. The van der Waals surface area contributed by atoms with Crippen molar-refractivity contribution in [1.29, 1.82) is 0 Å². The Labute approximate surface area is 184 Å². The maximum absolute atomic E-state index is 13.0. The number of urea groups is 1. The number of sulfonamides is 1. The largest absolute Gasteiger partial charge is 0.493 e. The van der Waals surface area contributed by atoms with E-state index in [-0.39, 0.29) is 30.3 Å². The second-order valence-electron chi connectivity index (χ2n) is 8.75. The molecule has 1 N–H and O–H groups in total. The Kier molecular flexibility index (Phi) is 6.81. The van der Waals surface area contributed by atoms with Gasteiger partial charge < -0.3 is 9.64 Å². The second-order valence-corrected chi connectivity index (χ2v) is 10.8. The van der Waals surface area contributed by atoms with Crippen LogP contribution in [0, 0.1) is 5.92 Å². The summed E-state index contributed by atoms with van der Waals surface area (Å²) < 4.78 is 33.6. The molecule has 2 heterocycles. The van der Waals surface area contributed by atoms with E-state index < -0.39 is 10.0 Å². The van der Waals surface area contributed by atoms with Crippen molar-refractivity contribution in [3.8, 4) is 5.75 Å². The van der Waals surface area contributed by atoms with Crippen molar-refractivity contribution in [3.05, 3.63) is 29.8 Å². The van der Waals surface area contributed by atoms with E-state index in [9.17, 15) is 18.0 Å². The molecule has 0 spiro atoms. The van der Waals surface area contributed by atoms with Crippen molar-refractivity contribution in [1.82, 2.24) is 14.5 Å². The molecule has 170 valence electrons. The normalized spacial score (nSPS) is 22.2. The summed E-state index contributed by atoms with van der Waals surface area (Å²) >= 11 is 0. The van der Waals surface area contributed by atoms with Crippen molar-refractivity contribution in [3.63, 3.8) is 0 Å². The molecule has 31 heavy (non-hydrogen) atoms. The third-order valence-corrected chi connectivity index (χ3v) is 8.14. The van der Waals surface area contributed by atoms with E-state index in [0.29, 0.717) is 38.3 Å². The number of ether oxygens (including phenoxy) is 1. The molecule has 1 saturated carbocycles. The van der Waals surface area contributed by atoms with Gasteiger partial charge in [-0.1, -0.05) is 18.6 Å². The first-order chi connectivity index (χ1) is 14.9. The van der Waals surface area contributed by atoms with Crippen LogP contribution in [0.25, 0.3) is 0 Å². The third-order valence-electron chi connectivity index (χ3n) is 6.18. The smallest absolute Gasteiger partial charge is 0.324 e. The van der Waals surface area contributed by atoms with Gasteiger partial charge in [0, 0.05) is 19.1 Å². The average molecular weight is 450 g/mol. The minimum absolute atomic E-state index is 0.0933. The van der Waals surface area contributed by atoms with Crippen LogP contribution in [-0.4, -0.2) is 61.6 Å². The molecule has 3 amide bonds. The summed E-state index contributed by atoms with van der Waals surface area (Å²) in [6.07, 6.45) is 6.06. The Morgan fingerprint density at radius 2 is 1.94 bits per heavy atom. The van der Waals surface area contributed by atoms with Crippen LogP contribution in [0.15, 0.2) is 24.3 Å². The van der Waals surface area contributed by atoms with Gasteiger partial charge in [-0.3, -0.25) is 10.1 Å². The number of hydrogen-bond acceptors (Lipinski definition) is 5. The lowest BCUT2D eigenvalue weighted by Gasteiger charge is -2.25. The predicted molar refractivity (Wildman–Crippen MR) is 116 cm³/mol. The van der Waals surface area contributed by atoms with Gasteiger partial charge in [0.05, 0.1) is 12.4 Å². The first-order valence-electron chi connectivity index (χ1n) is 11.2. The van der Waals surface area contributed by atoms with Crippen LogP contribution in [0.4, 0.5) is 4.79 Å². The molecule has 4 rings (SSSR count). The maximum Gasteiger partial charge on any atom is 0.324 e. The molecule has 1 aromatic carbocycles. The van der Waals surface area contributed by atoms with Crippen molar-refractivity contribution in [2.75, 3.05) is 32.0 Å². The van der Waals surface area contributed by atoms with Gasteiger partial charge in [0.1, 0.15) is 12.3 Å². The Hall–Kier alpha value is -2.13. The first kappa shape index (κ1) is 22.1. The van der Waals surface area contributed by atoms with Crippen LogP contribution in [0.5, 0.6) is 5.75 Å². The van der Waals surface area contributed by atoms with Gasteiger partial charge in [-0.25, -0.2) is 13.2 Å². The minimum Gasteiger partial charge on any atom is -0.493 e. The highest BCUT2D eigenvalue weighted by Gasteiger charge is 2.35. The molecule has 1 aliphatic carbocycles. The van der Waals surface area contributed by atoms with Gasteiger partial charge >= 0.3 is 6.03 Å². The minimum atomic E-state index is -3.36. The molecule has 3 fully saturated rings. The molecule has 0 aromatic heterocycles. The number of unbranched alkanes of at least 4 members (excludes halogenated alkanes) is 2. The van der Waals surface area contributed by atoms with Gasteiger partial charge in [0.15, 0.2) is 0 Å². The van der Waals surface area contributed by atoms with Gasteiger partial charge in [-0.2, -0.15) is 4.31 Å². The number of carbonyl (C=O) groups is 2. The van der Waals surface area contributed by atoms with Gasteiger partial charge in [0.2, 0.25) is 15.9 Å². The average Bonchev–Trinajstić information content (AvgIpc) is 3.32. The molecule has 9 heteroatoms. The summed E-state index contributed by atoms with van der Waals surface area (Å²) in [5.74, 6) is 1.31. The molecule has 2 aliphatic heterocycles. The number of nitrogens with zero attached hydrogens (tertiary/aromatic N) is 2. The molecule has 0 radical (unpaired) electrons. The monoisotopic (exact) mass is 449 g/mol. The van der Waals surface area contributed by atoms with E-state index >= 15 is 0 Å². The zero-order valence-electron chi connectivity index (χ0n) is 17.8. The molecule has 3 aliphatic rings. The molecule has 0 bridgehead atoms. The van der Waals surface area contributed by atoms with Crippen LogP contribution in [-0.2, 0) is 14.8 Å². The molecule has 2 saturated heterocycles. The van der Waals surface area contributed by atoms with Crippen LogP contribution >= 0.6 is 0 Å². The standard InChI is InChI=1S/C22H31N3O5S/c26-21-15-24(22(27)23-21)11-2-1-3-13-31(28,29)25-12-5-8-20(25)18-6-4-7-19(14-18)30-16-17-9-10-17/h4,6-7,14,17,20H,1-3,5,8-13,15-16H2,(H,23,26,27)/t20-/m1/s1. The van der Waals surface area contributed by atoms with Crippen molar-refractivity contribution >= 4 is 22.0 Å². The number of imide groups is 1. The second kappa shape index (κ2) is 9.56. The Morgan fingerprint density at radius 3 is 2.68 bits per heavy atom.